The maximum Gasteiger partial charge on any atom is 0.255 e. The van der Waals surface area contributed by atoms with Crippen molar-refractivity contribution in [1.29, 1.82) is 0 Å². The molecule has 0 radical (unpaired) electrons. The van der Waals surface area contributed by atoms with Crippen LogP contribution in [0.3, 0.4) is 0 Å². The van der Waals surface area contributed by atoms with Gasteiger partial charge in [-0.05, 0) is 30.5 Å². The number of fused-ring (bicyclic) bond motifs is 1. The highest BCUT2D eigenvalue weighted by atomic mass is 32.2. The Kier molecular flexibility index (Phi) is 5.24. The molecular weight excluding hydrogens is 362 g/mol. The number of para-hydroxylation sites is 1. The number of aromatic nitrogens is 1. The van der Waals surface area contributed by atoms with Gasteiger partial charge in [0.1, 0.15) is 5.01 Å². The van der Waals surface area contributed by atoms with E-state index in [0.717, 1.165) is 53.7 Å². The van der Waals surface area contributed by atoms with Crippen LogP contribution in [-0.2, 0) is 6.54 Å². The van der Waals surface area contributed by atoms with Crippen molar-refractivity contribution in [1.82, 2.24) is 14.8 Å². The van der Waals surface area contributed by atoms with Crippen LogP contribution in [0.4, 0.5) is 0 Å². The SMILES string of the molecule is CSc1ccccc1C(=O)N1CCN(Cc2nc3ccccc3s2)CC1. The van der Waals surface area contributed by atoms with Crippen LogP contribution in [0.15, 0.2) is 53.4 Å². The minimum Gasteiger partial charge on any atom is -0.336 e. The molecular formula is C20H21N3OS2. The van der Waals surface area contributed by atoms with Crippen LogP contribution in [0.25, 0.3) is 10.2 Å². The Bertz CT molecular complexity index is 883. The number of thioether (sulfide) groups is 1. The van der Waals surface area contributed by atoms with Crippen molar-refractivity contribution in [2.75, 3.05) is 32.4 Å². The number of thiazole rings is 1. The minimum atomic E-state index is 0.148. The van der Waals surface area contributed by atoms with Crippen LogP contribution in [-0.4, -0.2) is 53.1 Å². The number of benzene rings is 2. The van der Waals surface area contributed by atoms with Crippen LogP contribution in [0, 0.1) is 0 Å². The molecule has 2 aromatic carbocycles. The van der Waals surface area contributed by atoms with E-state index in [-0.39, 0.29) is 5.91 Å². The van der Waals surface area contributed by atoms with E-state index in [9.17, 15) is 4.79 Å². The zero-order valence-corrected chi connectivity index (χ0v) is 16.4. The monoisotopic (exact) mass is 383 g/mol. The third-order valence-corrected chi connectivity index (χ3v) is 6.51. The third-order valence-electron chi connectivity index (χ3n) is 4.69. The van der Waals surface area contributed by atoms with Gasteiger partial charge in [-0.2, -0.15) is 0 Å². The van der Waals surface area contributed by atoms with E-state index in [1.54, 1.807) is 23.1 Å². The molecule has 4 nitrogen and oxygen atoms in total. The molecule has 1 fully saturated rings. The van der Waals surface area contributed by atoms with Gasteiger partial charge in [-0.1, -0.05) is 24.3 Å². The van der Waals surface area contributed by atoms with Gasteiger partial charge in [-0.15, -0.1) is 23.1 Å². The number of rotatable bonds is 4. The van der Waals surface area contributed by atoms with Crippen LogP contribution in [0.5, 0.6) is 0 Å². The summed E-state index contributed by atoms with van der Waals surface area (Å²) < 4.78 is 1.24. The first kappa shape index (κ1) is 17.5. The molecule has 1 aliphatic heterocycles. The molecule has 0 atom stereocenters. The number of carbonyl (C=O) groups is 1. The quantitative estimate of drug-likeness (QED) is 0.639. The van der Waals surface area contributed by atoms with Gasteiger partial charge >= 0.3 is 0 Å². The summed E-state index contributed by atoms with van der Waals surface area (Å²) in [5, 5.41) is 1.15. The van der Waals surface area contributed by atoms with E-state index in [1.807, 2.05) is 41.5 Å². The largest absolute Gasteiger partial charge is 0.336 e. The van der Waals surface area contributed by atoms with Crippen molar-refractivity contribution in [3.05, 3.63) is 59.1 Å². The summed E-state index contributed by atoms with van der Waals surface area (Å²) in [6.45, 7) is 4.19. The fourth-order valence-corrected chi connectivity index (χ4v) is 4.88. The Morgan fingerprint density at radius 3 is 2.58 bits per heavy atom. The Labute approximate surface area is 161 Å². The van der Waals surface area contributed by atoms with Gasteiger partial charge in [0.05, 0.1) is 22.3 Å². The second kappa shape index (κ2) is 7.78. The lowest BCUT2D eigenvalue weighted by Crippen LogP contribution is -2.48. The first-order valence-electron chi connectivity index (χ1n) is 8.73. The second-order valence-electron chi connectivity index (χ2n) is 6.34. The summed E-state index contributed by atoms with van der Waals surface area (Å²) >= 11 is 3.39. The van der Waals surface area contributed by atoms with E-state index in [2.05, 4.69) is 23.1 Å². The van der Waals surface area contributed by atoms with Crippen molar-refractivity contribution >= 4 is 39.2 Å². The van der Waals surface area contributed by atoms with Crippen molar-refractivity contribution in [3.63, 3.8) is 0 Å². The Balaban J connectivity index is 1.38. The highest BCUT2D eigenvalue weighted by molar-refractivity contribution is 7.98. The zero-order chi connectivity index (χ0) is 17.9. The molecule has 0 N–H and O–H groups in total. The molecule has 1 aliphatic rings. The maximum atomic E-state index is 12.8. The Hall–Kier alpha value is -1.89. The smallest absolute Gasteiger partial charge is 0.255 e. The molecule has 0 spiro atoms. The summed E-state index contributed by atoms with van der Waals surface area (Å²) in [6.07, 6.45) is 2.02. The van der Waals surface area contributed by atoms with Gasteiger partial charge in [0, 0.05) is 31.1 Å². The van der Waals surface area contributed by atoms with E-state index in [1.165, 1.54) is 4.70 Å². The van der Waals surface area contributed by atoms with Gasteiger partial charge in [-0.25, -0.2) is 4.98 Å². The number of hydrogen-bond donors (Lipinski definition) is 0. The molecule has 0 aliphatic carbocycles. The predicted molar refractivity (Wildman–Crippen MR) is 109 cm³/mol. The van der Waals surface area contributed by atoms with E-state index >= 15 is 0 Å². The molecule has 1 aromatic heterocycles. The molecule has 2 heterocycles. The topological polar surface area (TPSA) is 36.4 Å². The Morgan fingerprint density at radius 2 is 1.81 bits per heavy atom. The first-order valence-corrected chi connectivity index (χ1v) is 10.8. The third kappa shape index (κ3) is 3.63. The lowest BCUT2D eigenvalue weighted by molar-refractivity contribution is 0.0625. The molecule has 0 bridgehead atoms. The van der Waals surface area contributed by atoms with E-state index < -0.39 is 0 Å². The number of piperazine rings is 1. The average Bonchev–Trinajstić information content (AvgIpc) is 3.10. The predicted octanol–water partition coefficient (Wildman–Crippen LogP) is 3.98. The fraction of sp³-hybridized carbons (Fsp3) is 0.300. The highest BCUT2D eigenvalue weighted by Gasteiger charge is 2.24. The van der Waals surface area contributed by atoms with Crippen LogP contribution in [0.2, 0.25) is 0 Å². The lowest BCUT2D eigenvalue weighted by Gasteiger charge is -2.34. The maximum absolute atomic E-state index is 12.8. The van der Waals surface area contributed by atoms with Gasteiger partial charge in [-0.3, -0.25) is 9.69 Å². The molecule has 0 saturated carbocycles. The van der Waals surface area contributed by atoms with Crippen molar-refractivity contribution < 1.29 is 4.79 Å². The van der Waals surface area contributed by atoms with E-state index in [0.29, 0.717) is 0 Å². The summed E-state index contributed by atoms with van der Waals surface area (Å²) in [6, 6.07) is 16.1. The highest BCUT2D eigenvalue weighted by Crippen LogP contribution is 2.24. The van der Waals surface area contributed by atoms with Crippen LogP contribution >= 0.6 is 23.1 Å². The van der Waals surface area contributed by atoms with Gasteiger partial charge in [0.2, 0.25) is 0 Å². The van der Waals surface area contributed by atoms with Gasteiger partial charge in [0.25, 0.3) is 5.91 Å². The van der Waals surface area contributed by atoms with Crippen LogP contribution < -0.4 is 0 Å². The number of amides is 1. The standard InChI is InChI=1S/C20H21N3OS2/c1-25-17-8-4-2-6-15(17)20(24)23-12-10-22(11-13-23)14-19-21-16-7-3-5-9-18(16)26-19/h2-9H,10-14H2,1H3. The molecule has 4 rings (SSSR count). The van der Waals surface area contributed by atoms with Gasteiger partial charge in [0.15, 0.2) is 0 Å². The molecule has 26 heavy (non-hydrogen) atoms. The summed E-state index contributed by atoms with van der Waals surface area (Å²) in [5.41, 5.74) is 1.90. The number of hydrogen-bond acceptors (Lipinski definition) is 5. The minimum absolute atomic E-state index is 0.148. The number of carbonyl (C=O) groups excluding carboxylic acids is 1. The van der Waals surface area contributed by atoms with Crippen LogP contribution in [0.1, 0.15) is 15.4 Å². The summed E-state index contributed by atoms with van der Waals surface area (Å²) in [5.74, 6) is 0.148. The van der Waals surface area contributed by atoms with Crippen molar-refractivity contribution in [3.8, 4) is 0 Å². The molecule has 0 unspecified atom stereocenters. The van der Waals surface area contributed by atoms with E-state index in [4.69, 9.17) is 4.98 Å². The molecule has 1 amide bonds. The molecule has 3 aromatic rings. The summed E-state index contributed by atoms with van der Waals surface area (Å²) in [4.78, 5) is 23.0. The normalized spacial score (nSPS) is 15.5. The summed E-state index contributed by atoms with van der Waals surface area (Å²) in [7, 11) is 0. The average molecular weight is 384 g/mol. The Morgan fingerprint density at radius 1 is 1.08 bits per heavy atom. The molecule has 6 heteroatoms. The van der Waals surface area contributed by atoms with Crippen molar-refractivity contribution in [2.45, 2.75) is 11.4 Å². The fourth-order valence-electron chi connectivity index (χ4n) is 3.28. The lowest BCUT2D eigenvalue weighted by atomic mass is 10.2. The number of nitrogens with zero attached hydrogens (tertiary/aromatic N) is 3. The van der Waals surface area contributed by atoms with Gasteiger partial charge < -0.3 is 4.90 Å². The zero-order valence-electron chi connectivity index (χ0n) is 14.7. The van der Waals surface area contributed by atoms with Crippen molar-refractivity contribution in [2.24, 2.45) is 0 Å². The molecule has 1 saturated heterocycles. The molecule has 134 valence electrons. The second-order valence-corrected chi connectivity index (χ2v) is 8.31. The first-order chi connectivity index (χ1) is 12.7.